The first-order valence-electron chi connectivity index (χ1n) is 5.41. The van der Waals surface area contributed by atoms with Crippen LogP contribution in [-0.2, 0) is 4.79 Å². The summed E-state index contributed by atoms with van der Waals surface area (Å²) in [5.74, 6) is -0.388. The van der Waals surface area contributed by atoms with Crippen molar-refractivity contribution in [3.05, 3.63) is 0 Å². The average molecular weight is 238 g/mol. The molecule has 0 heterocycles. The van der Waals surface area contributed by atoms with Gasteiger partial charge in [0, 0.05) is 0 Å². The number of amides is 1. The van der Waals surface area contributed by atoms with Gasteiger partial charge in [-0.3, -0.25) is 10.1 Å². The van der Waals surface area contributed by atoms with Crippen LogP contribution < -0.4 is 11.1 Å². The lowest BCUT2D eigenvalue weighted by atomic mass is 9.94. The molecule has 2 unspecified atom stereocenters. The van der Waals surface area contributed by atoms with Crippen molar-refractivity contribution in [1.82, 2.24) is 5.32 Å². The summed E-state index contributed by atoms with van der Waals surface area (Å²) in [5.41, 5.74) is 4.05. The van der Waals surface area contributed by atoms with Crippen molar-refractivity contribution in [3.8, 4) is 0 Å². The van der Waals surface area contributed by atoms with Crippen LogP contribution in [0.4, 0.5) is 13.2 Å². The third-order valence-electron chi connectivity index (χ3n) is 3.29. The highest BCUT2D eigenvalue weighted by atomic mass is 19.4. The van der Waals surface area contributed by atoms with E-state index < -0.39 is 24.2 Å². The second-order valence-corrected chi connectivity index (χ2v) is 4.43. The normalized spacial score (nSPS) is 30.6. The van der Waals surface area contributed by atoms with Gasteiger partial charge >= 0.3 is 6.18 Å². The SMILES string of the molecule is CCC1CCC(NCC(F)(F)F)(C(N)=O)C1. The third-order valence-corrected chi connectivity index (χ3v) is 3.29. The zero-order chi connectivity index (χ0) is 12.4. The second kappa shape index (κ2) is 4.61. The lowest BCUT2D eigenvalue weighted by Crippen LogP contribution is -2.56. The van der Waals surface area contributed by atoms with Crippen LogP contribution in [0.1, 0.15) is 32.6 Å². The molecule has 1 saturated carbocycles. The Kier molecular flexibility index (Phi) is 3.83. The molecule has 1 fully saturated rings. The highest BCUT2D eigenvalue weighted by Gasteiger charge is 2.45. The van der Waals surface area contributed by atoms with Crippen molar-refractivity contribution < 1.29 is 18.0 Å². The molecule has 94 valence electrons. The van der Waals surface area contributed by atoms with Gasteiger partial charge < -0.3 is 5.73 Å². The molecule has 0 aliphatic heterocycles. The number of nitrogens with two attached hydrogens (primary N) is 1. The molecule has 0 bridgehead atoms. The van der Waals surface area contributed by atoms with E-state index >= 15 is 0 Å². The third kappa shape index (κ3) is 3.10. The Morgan fingerprint density at radius 3 is 2.56 bits per heavy atom. The van der Waals surface area contributed by atoms with Crippen LogP contribution in [0.15, 0.2) is 0 Å². The van der Waals surface area contributed by atoms with Crippen LogP contribution in [0, 0.1) is 5.92 Å². The molecule has 0 radical (unpaired) electrons. The molecule has 6 heteroatoms. The Balaban J connectivity index is 2.65. The molecule has 0 saturated heterocycles. The molecule has 0 spiro atoms. The Morgan fingerprint density at radius 1 is 1.56 bits per heavy atom. The standard InChI is InChI=1S/C10H17F3N2O/c1-2-7-3-4-9(5-7,8(14)16)15-6-10(11,12)13/h7,15H,2-6H2,1H3,(H2,14,16). The van der Waals surface area contributed by atoms with E-state index in [0.29, 0.717) is 12.8 Å². The van der Waals surface area contributed by atoms with Crippen molar-refractivity contribution in [2.24, 2.45) is 11.7 Å². The molecule has 0 aromatic rings. The summed E-state index contributed by atoms with van der Waals surface area (Å²) in [6.07, 6.45) is -1.88. The van der Waals surface area contributed by atoms with Crippen LogP contribution >= 0.6 is 0 Å². The van der Waals surface area contributed by atoms with Crippen LogP contribution in [-0.4, -0.2) is 24.2 Å². The monoisotopic (exact) mass is 238 g/mol. The minimum atomic E-state index is -4.31. The van der Waals surface area contributed by atoms with Gasteiger partial charge in [-0.1, -0.05) is 13.3 Å². The summed E-state index contributed by atoms with van der Waals surface area (Å²) < 4.78 is 36.3. The van der Waals surface area contributed by atoms with Crippen molar-refractivity contribution in [1.29, 1.82) is 0 Å². The van der Waals surface area contributed by atoms with Crippen molar-refractivity contribution in [3.63, 3.8) is 0 Å². The van der Waals surface area contributed by atoms with Crippen LogP contribution in [0.5, 0.6) is 0 Å². The van der Waals surface area contributed by atoms with Gasteiger partial charge in [-0.25, -0.2) is 0 Å². The number of primary amides is 1. The van der Waals surface area contributed by atoms with Gasteiger partial charge in [-0.05, 0) is 25.2 Å². The van der Waals surface area contributed by atoms with Crippen LogP contribution in [0.3, 0.4) is 0 Å². The fourth-order valence-corrected chi connectivity index (χ4v) is 2.24. The van der Waals surface area contributed by atoms with Gasteiger partial charge in [0.05, 0.1) is 12.1 Å². The quantitative estimate of drug-likeness (QED) is 0.781. The molecule has 1 aliphatic carbocycles. The Morgan fingerprint density at radius 2 is 2.19 bits per heavy atom. The minimum absolute atomic E-state index is 0.285. The van der Waals surface area contributed by atoms with Gasteiger partial charge in [-0.15, -0.1) is 0 Å². The van der Waals surface area contributed by atoms with Crippen LogP contribution in [0.25, 0.3) is 0 Å². The summed E-state index contributed by atoms with van der Waals surface area (Å²) in [7, 11) is 0. The molecule has 0 aromatic heterocycles. The fourth-order valence-electron chi connectivity index (χ4n) is 2.24. The summed E-state index contributed by atoms with van der Waals surface area (Å²) in [6.45, 7) is 0.803. The van der Waals surface area contributed by atoms with Gasteiger partial charge in [0.1, 0.15) is 0 Å². The molecule has 1 rings (SSSR count). The van der Waals surface area contributed by atoms with Crippen LogP contribution in [0.2, 0.25) is 0 Å². The number of alkyl halides is 3. The van der Waals surface area contributed by atoms with E-state index in [1.807, 2.05) is 6.92 Å². The zero-order valence-corrected chi connectivity index (χ0v) is 9.23. The van der Waals surface area contributed by atoms with Crippen molar-refractivity contribution in [2.75, 3.05) is 6.54 Å². The summed E-state index contributed by atoms with van der Waals surface area (Å²) >= 11 is 0. The minimum Gasteiger partial charge on any atom is -0.368 e. The first kappa shape index (κ1) is 13.3. The van der Waals surface area contributed by atoms with Gasteiger partial charge in [-0.2, -0.15) is 13.2 Å². The fraction of sp³-hybridized carbons (Fsp3) is 0.900. The first-order chi connectivity index (χ1) is 7.29. The first-order valence-corrected chi connectivity index (χ1v) is 5.41. The number of nitrogens with one attached hydrogen (secondary N) is 1. The molecule has 3 N–H and O–H groups in total. The zero-order valence-electron chi connectivity index (χ0n) is 9.23. The topological polar surface area (TPSA) is 55.1 Å². The largest absolute Gasteiger partial charge is 0.401 e. The van der Waals surface area contributed by atoms with E-state index in [1.54, 1.807) is 0 Å². The summed E-state index contributed by atoms with van der Waals surface area (Å²) in [5, 5.41) is 2.30. The predicted molar refractivity (Wildman–Crippen MR) is 53.6 cm³/mol. The van der Waals surface area contributed by atoms with Crippen molar-refractivity contribution >= 4 is 5.91 Å². The number of hydrogen-bond acceptors (Lipinski definition) is 2. The molecular weight excluding hydrogens is 221 g/mol. The maximum atomic E-state index is 12.1. The lowest BCUT2D eigenvalue weighted by Gasteiger charge is -2.27. The Hall–Kier alpha value is -0.780. The van der Waals surface area contributed by atoms with Crippen molar-refractivity contribution in [2.45, 2.75) is 44.3 Å². The van der Waals surface area contributed by atoms with E-state index in [4.69, 9.17) is 5.73 Å². The molecule has 1 amide bonds. The number of hydrogen-bond donors (Lipinski definition) is 2. The number of halogens is 3. The Bertz CT molecular complexity index is 267. The second-order valence-electron chi connectivity index (χ2n) is 4.43. The molecule has 3 nitrogen and oxygen atoms in total. The van der Waals surface area contributed by atoms with E-state index in [-0.39, 0.29) is 5.92 Å². The molecule has 2 atom stereocenters. The maximum Gasteiger partial charge on any atom is 0.401 e. The number of carbonyl (C=O) groups excluding carboxylic acids is 1. The Labute approximate surface area is 92.6 Å². The molecule has 0 aromatic carbocycles. The predicted octanol–water partition coefficient (Wildman–Crippen LogP) is 1.57. The summed E-state index contributed by atoms with van der Waals surface area (Å²) in [4.78, 5) is 11.3. The van der Waals surface area contributed by atoms with E-state index in [2.05, 4.69) is 5.32 Å². The molecular formula is C10H17F3N2O. The molecule has 16 heavy (non-hydrogen) atoms. The lowest BCUT2D eigenvalue weighted by molar-refractivity contribution is -0.136. The molecule has 1 aliphatic rings. The highest BCUT2D eigenvalue weighted by Crippen LogP contribution is 2.36. The smallest absolute Gasteiger partial charge is 0.368 e. The summed E-state index contributed by atoms with van der Waals surface area (Å²) in [6, 6.07) is 0. The average Bonchev–Trinajstić information content (AvgIpc) is 2.58. The van der Waals surface area contributed by atoms with E-state index in [1.165, 1.54) is 0 Å². The highest BCUT2D eigenvalue weighted by molar-refractivity contribution is 5.85. The van der Waals surface area contributed by atoms with E-state index in [0.717, 1.165) is 12.8 Å². The van der Waals surface area contributed by atoms with E-state index in [9.17, 15) is 18.0 Å². The van der Waals surface area contributed by atoms with Gasteiger partial charge in [0.2, 0.25) is 5.91 Å². The number of carbonyl (C=O) groups is 1. The maximum absolute atomic E-state index is 12.1. The number of rotatable bonds is 4. The van der Waals surface area contributed by atoms with Gasteiger partial charge in [0.15, 0.2) is 0 Å². The van der Waals surface area contributed by atoms with Gasteiger partial charge in [0.25, 0.3) is 0 Å².